The molecule has 2 unspecified atom stereocenters. The third kappa shape index (κ3) is 57.1. The van der Waals surface area contributed by atoms with E-state index in [1.165, 1.54) is 283 Å². The lowest BCUT2D eigenvalue weighted by atomic mass is 10.0. The van der Waals surface area contributed by atoms with Crippen LogP contribution in [-0.4, -0.2) is 34.9 Å². The highest BCUT2D eigenvalue weighted by atomic mass is 16.3. The number of aliphatic hydroxyl groups excluding tert-OH is 2. The molecule has 0 saturated carbocycles. The maximum atomic E-state index is 12.5. The topological polar surface area (TPSA) is 69.6 Å². The highest BCUT2D eigenvalue weighted by molar-refractivity contribution is 5.76. The maximum Gasteiger partial charge on any atom is 0.220 e. The number of unbranched alkanes of at least 4 members (excludes halogenated alkanes) is 45. The van der Waals surface area contributed by atoms with Crippen molar-refractivity contribution in [1.82, 2.24) is 5.32 Å². The van der Waals surface area contributed by atoms with Crippen molar-refractivity contribution >= 4 is 5.91 Å². The molecule has 3 N–H and O–H groups in total. The fourth-order valence-electron chi connectivity index (χ4n) is 9.76. The molecule has 0 aromatic carbocycles. The average Bonchev–Trinajstić information content (AvgIpc) is 3.35. The SMILES string of the molecule is CCCCCCC/C=C\C/C=C\CCCCCCCCCCCCCCCCCCCCCC(=O)NC(CO)C(O)/C=C/CC/C=C/CCCCCCCCCCCCCCCCCCCCCC. The van der Waals surface area contributed by atoms with Crippen molar-refractivity contribution in [2.75, 3.05) is 6.61 Å². The van der Waals surface area contributed by atoms with Crippen LogP contribution in [0, 0.1) is 0 Å². The van der Waals surface area contributed by atoms with Crippen LogP contribution in [-0.2, 0) is 4.79 Å². The first-order valence-corrected chi connectivity index (χ1v) is 31.4. The molecule has 0 rings (SSSR count). The molecular weight excluding hydrogens is 843 g/mol. The van der Waals surface area contributed by atoms with E-state index in [4.69, 9.17) is 0 Å². The predicted octanol–water partition coefficient (Wildman–Crippen LogP) is 21.0. The lowest BCUT2D eigenvalue weighted by molar-refractivity contribution is -0.123. The molecule has 4 heteroatoms. The van der Waals surface area contributed by atoms with E-state index in [0.717, 1.165) is 38.5 Å². The van der Waals surface area contributed by atoms with Crippen LogP contribution in [0.3, 0.4) is 0 Å². The molecule has 2 atom stereocenters. The van der Waals surface area contributed by atoms with Gasteiger partial charge in [0.1, 0.15) is 0 Å². The number of nitrogens with one attached hydrogen (secondary N) is 1. The van der Waals surface area contributed by atoms with E-state index in [1.807, 2.05) is 6.08 Å². The highest BCUT2D eigenvalue weighted by Crippen LogP contribution is 2.18. The standard InChI is InChI=1S/C65H123NO3/c1-3-5-7-9-11-13-15-17-19-21-23-25-27-29-31-32-33-34-35-37-39-41-43-45-47-49-51-53-55-57-59-61-65(69)66-63(62-67)64(68)60-58-56-54-52-50-48-46-44-42-40-38-36-30-28-26-24-22-20-18-16-14-12-10-8-6-4-2/h15,17,21,23,50,52,58,60,63-64,67-68H,3-14,16,18-20,22,24-49,51,53-57,59,61-62H2,1-2H3,(H,66,69)/b17-15-,23-21-,52-50+,60-58+. The monoisotopic (exact) mass is 966 g/mol. The first-order chi connectivity index (χ1) is 34.2. The van der Waals surface area contributed by atoms with Gasteiger partial charge in [0, 0.05) is 6.42 Å². The molecule has 0 heterocycles. The van der Waals surface area contributed by atoms with Gasteiger partial charge in [-0.15, -0.1) is 0 Å². The molecule has 0 aliphatic rings. The molecule has 4 nitrogen and oxygen atoms in total. The van der Waals surface area contributed by atoms with Gasteiger partial charge in [0.15, 0.2) is 0 Å². The summed E-state index contributed by atoms with van der Waals surface area (Å²) >= 11 is 0. The molecule has 0 aliphatic heterocycles. The molecule has 0 aromatic heterocycles. The quantitative estimate of drug-likeness (QED) is 0.0420. The zero-order valence-corrected chi connectivity index (χ0v) is 46.8. The predicted molar refractivity (Wildman–Crippen MR) is 308 cm³/mol. The fraction of sp³-hybridized carbons (Fsp3) is 0.862. The van der Waals surface area contributed by atoms with Crippen molar-refractivity contribution < 1.29 is 15.0 Å². The zero-order valence-electron chi connectivity index (χ0n) is 46.8. The van der Waals surface area contributed by atoms with Crippen molar-refractivity contribution in [2.45, 2.75) is 353 Å². The van der Waals surface area contributed by atoms with E-state index in [9.17, 15) is 15.0 Å². The van der Waals surface area contributed by atoms with Crippen LogP contribution in [0.25, 0.3) is 0 Å². The Bertz CT molecular complexity index is 1090. The molecule has 69 heavy (non-hydrogen) atoms. The summed E-state index contributed by atoms with van der Waals surface area (Å²) in [5.74, 6) is -0.0682. The van der Waals surface area contributed by atoms with Crippen molar-refractivity contribution in [2.24, 2.45) is 0 Å². The van der Waals surface area contributed by atoms with Gasteiger partial charge in [-0.3, -0.25) is 4.79 Å². The largest absolute Gasteiger partial charge is 0.394 e. The minimum Gasteiger partial charge on any atom is -0.394 e. The van der Waals surface area contributed by atoms with Crippen LogP contribution in [0.1, 0.15) is 341 Å². The van der Waals surface area contributed by atoms with E-state index >= 15 is 0 Å². The van der Waals surface area contributed by atoms with Gasteiger partial charge in [-0.25, -0.2) is 0 Å². The van der Waals surface area contributed by atoms with Crippen molar-refractivity contribution in [3.8, 4) is 0 Å². The van der Waals surface area contributed by atoms with Gasteiger partial charge in [0.2, 0.25) is 5.91 Å². The van der Waals surface area contributed by atoms with E-state index in [1.54, 1.807) is 6.08 Å². The van der Waals surface area contributed by atoms with Crippen LogP contribution in [0.2, 0.25) is 0 Å². The number of allylic oxidation sites excluding steroid dienone is 7. The minimum absolute atomic E-state index is 0.0682. The summed E-state index contributed by atoms with van der Waals surface area (Å²) in [6, 6.07) is -0.640. The lowest BCUT2D eigenvalue weighted by Gasteiger charge is -2.19. The fourth-order valence-corrected chi connectivity index (χ4v) is 9.76. The third-order valence-corrected chi connectivity index (χ3v) is 14.5. The van der Waals surface area contributed by atoms with Gasteiger partial charge in [0.25, 0.3) is 0 Å². The summed E-state index contributed by atoms with van der Waals surface area (Å²) in [5, 5.41) is 23.2. The van der Waals surface area contributed by atoms with Gasteiger partial charge in [-0.1, -0.05) is 319 Å². The second kappa shape index (κ2) is 60.7. The Morgan fingerprint density at radius 1 is 0.348 bits per heavy atom. The maximum absolute atomic E-state index is 12.5. The van der Waals surface area contributed by atoms with E-state index in [-0.39, 0.29) is 12.5 Å². The van der Waals surface area contributed by atoms with Crippen molar-refractivity contribution in [3.05, 3.63) is 48.6 Å². The average molecular weight is 967 g/mol. The van der Waals surface area contributed by atoms with Gasteiger partial charge in [-0.05, 0) is 64.2 Å². The molecule has 0 aromatic rings. The van der Waals surface area contributed by atoms with E-state index < -0.39 is 12.1 Å². The van der Waals surface area contributed by atoms with Crippen LogP contribution in [0.4, 0.5) is 0 Å². The Balaban J connectivity index is 3.48. The normalized spacial score (nSPS) is 13.0. The Morgan fingerprint density at radius 3 is 0.928 bits per heavy atom. The minimum atomic E-state index is -0.863. The molecular formula is C65H123NO3. The molecule has 406 valence electrons. The van der Waals surface area contributed by atoms with E-state index in [2.05, 4.69) is 55.6 Å². The summed E-state index contributed by atoms with van der Waals surface area (Å²) in [6.07, 6.45) is 84.5. The van der Waals surface area contributed by atoms with Gasteiger partial charge < -0.3 is 15.5 Å². The summed E-state index contributed by atoms with van der Waals surface area (Å²) in [5.41, 5.74) is 0. The molecule has 1 amide bonds. The van der Waals surface area contributed by atoms with E-state index in [0.29, 0.717) is 6.42 Å². The number of carbonyl (C=O) groups is 1. The van der Waals surface area contributed by atoms with Crippen molar-refractivity contribution in [3.63, 3.8) is 0 Å². The second-order valence-electron chi connectivity index (χ2n) is 21.5. The summed E-state index contributed by atoms with van der Waals surface area (Å²) in [7, 11) is 0. The third-order valence-electron chi connectivity index (χ3n) is 14.5. The Kier molecular flexibility index (Phi) is 59.2. The van der Waals surface area contributed by atoms with Crippen molar-refractivity contribution in [1.29, 1.82) is 0 Å². The molecule has 0 aliphatic carbocycles. The Labute approximate surface area is 433 Å². The first-order valence-electron chi connectivity index (χ1n) is 31.4. The molecule has 0 fully saturated rings. The second-order valence-corrected chi connectivity index (χ2v) is 21.5. The summed E-state index contributed by atoms with van der Waals surface area (Å²) < 4.78 is 0. The molecule has 0 radical (unpaired) electrons. The number of hydrogen-bond donors (Lipinski definition) is 3. The molecule has 0 spiro atoms. The molecule has 0 saturated heterocycles. The smallest absolute Gasteiger partial charge is 0.220 e. The Morgan fingerprint density at radius 2 is 0.609 bits per heavy atom. The number of amides is 1. The van der Waals surface area contributed by atoms with Crippen LogP contribution in [0.15, 0.2) is 48.6 Å². The number of carbonyl (C=O) groups excluding carboxylic acids is 1. The van der Waals surface area contributed by atoms with Crippen LogP contribution in [0.5, 0.6) is 0 Å². The van der Waals surface area contributed by atoms with Gasteiger partial charge in [0.05, 0.1) is 18.8 Å². The van der Waals surface area contributed by atoms with Crippen LogP contribution < -0.4 is 5.32 Å². The van der Waals surface area contributed by atoms with Gasteiger partial charge >= 0.3 is 0 Å². The van der Waals surface area contributed by atoms with Gasteiger partial charge in [-0.2, -0.15) is 0 Å². The highest BCUT2D eigenvalue weighted by Gasteiger charge is 2.18. The molecule has 0 bridgehead atoms. The van der Waals surface area contributed by atoms with Crippen LogP contribution >= 0.6 is 0 Å². The summed E-state index contributed by atoms with van der Waals surface area (Å²) in [4.78, 5) is 12.5. The number of aliphatic hydroxyl groups is 2. The first kappa shape index (κ1) is 67.3. The lowest BCUT2D eigenvalue weighted by Crippen LogP contribution is -2.45. The Hall–Kier alpha value is -1.65. The summed E-state index contributed by atoms with van der Waals surface area (Å²) in [6.45, 7) is 4.32. The number of hydrogen-bond acceptors (Lipinski definition) is 3. The number of rotatable bonds is 58. The zero-order chi connectivity index (χ0) is 49.9.